The highest BCUT2D eigenvalue weighted by atomic mass is 19.1. The maximum atomic E-state index is 12.8. The molecule has 1 aliphatic carbocycles. The van der Waals surface area contributed by atoms with E-state index in [9.17, 15) is 4.39 Å². The molecule has 1 aliphatic rings. The van der Waals surface area contributed by atoms with E-state index in [0.717, 1.165) is 29.8 Å². The number of nitrogens with zero attached hydrogens (tertiary/aromatic N) is 2. The van der Waals surface area contributed by atoms with Crippen LogP contribution in [-0.2, 0) is 12.8 Å². The lowest BCUT2D eigenvalue weighted by molar-refractivity contribution is 0.628. The molecule has 1 heterocycles. The van der Waals surface area contributed by atoms with Crippen molar-refractivity contribution >= 4 is 0 Å². The molecule has 3 heteroatoms. The van der Waals surface area contributed by atoms with Crippen LogP contribution >= 0.6 is 0 Å². The van der Waals surface area contributed by atoms with Crippen molar-refractivity contribution in [3.63, 3.8) is 0 Å². The van der Waals surface area contributed by atoms with E-state index in [4.69, 9.17) is 0 Å². The Labute approximate surface area is 99.5 Å². The summed E-state index contributed by atoms with van der Waals surface area (Å²) < 4.78 is 12.8. The highest BCUT2D eigenvalue weighted by Gasteiger charge is 2.12. The molecule has 0 atom stereocenters. The van der Waals surface area contributed by atoms with Crippen LogP contribution in [0.15, 0.2) is 30.3 Å². The van der Waals surface area contributed by atoms with Crippen LogP contribution in [0.5, 0.6) is 0 Å². The van der Waals surface area contributed by atoms with Gasteiger partial charge in [-0.2, -0.15) is 10.2 Å². The van der Waals surface area contributed by atoms with E-state index >= 15 is 0 Å². The fourth-order valence-electron chi connectivity index (χ4n) is 2.25. The molecule has 86 valence electrons. The van der Waals surface area contributed by atoms with Crippen LogP contribution in [0.1, 0.15) is 24.1 Å². The van der Waals surface area contributed by atoms with Gasteiger partial charge in [-0.25, -0.2) is 4.39 Å². The summed E-state index contributed by atoms with van der Waals surface area (Å²) in [6.45, 7) is 0. The smallest absolute Gasteiger partial charge is 0.123 e. The lowest BCUT2D eigenvalue weighted by Gasteiger charge is -2.14. The second-order valence-corrected chi connectivity index (χ2v) is 4.42. The molecule has 17 heavy (non-hydrogen) atoms. The van der Waals surface area contributed by atoms with Crippen LogP contribution < -0.4 is 0 Å². The number of benzene rings is 1. The van der Waals surface area contributed by atoms with E-state index in [-0.39, 0.29) is 5.82 Å². The highest BCUT2D eigenvalue weighted by Crippen LogP contribution is 2.23. The summed E-state index contributed by atoms with van der Waals surface area (Å²) >= 11 is 0. The number of aromatic nitrogens is 2. The first-order valence-corrected chi connectivity index (χ1v) is 5.94. The molecule has 0 saturated heterocycles. The molecule has 0 unspecified atom stereocenters. The predicted molar refractivity (Wildman–Crippen MR) is 64.1 cm³/mol. The Morgan fingerprint density at radius 1 is 0.941 bits per heavy atom. The number of fused-ring (bicyclic) bond motifs is 1. The molecule has 1 aromatic carbocycles. The van der Waals surface area contributed by atoms with E-state index in [2.05, 4.69) is 16.3 Å². The lowest BCUT2D eigenvalue weighted by atomic mass is 9.95. The first-order valence-electron chi connectivity index (χ1n) is 5.94. The molecule has 2 nitrogen and oxygen atoms in total. The zero-order valence-electron chi connectivity index (χ0n) is 9.49. The predicted octanol–water partition coefficient (Wildman–Crippen LogP) is 3.16. The fraction of sp³-hybridized carbons (Fsp3) is 0.286. The standard InChI is InChI=1S/C14H13FN2/c15-12-7-5-10(6-8-12)14-9-11-3-1-2-4-13(11)16-17-14/h5-9H,1-4H2. The maximum absolute atomic E-state index is 12.8. The van der Waals surface area contributed by atoms with Gasteiger partial charge in [-0.1, -0.05) is 0 Å². The minimum atomic E-state index is -0.223. The second-order valence-electron chi connectivity index (χ2n) is 4.42. The minimum absolute atomic E-state index is 0.223. The van der Waals surface area contributed by atoms with E-state index < -0.39 is 0 Å². The SMILES string of the molecule is Fc1ccc(-c2cc3c(nn2)CCCC3)cc1. The lowest BCUT2D eigenvalue weighted by Crippen LogP contribution is -2.07. The Kier molecular flexibility index (Phi) is 2.59. The molecule has 2 aromatic rings. The normalized spacial score (nSPS) is 14.4. The Morgan fingerprint density at radius 3 is 2.53 bits per heavy atom. The third kappa shape index (κ3) is 2.05. The second kappa shape index (κ2) is 4.24. The summed E-state index contributed by atoms with van der Waals surface area (Å²) in [4.78, 5) is 0. The van der Waals surface area contributed by atoms with Crippen LogP contribution in [0.4, 0.5) is 4.39 Å². The molecule has 0 saturated carbocycles. The summed E-state index contributed by atoms with van der Waals surface area (Å²) in [7, 11) is 0. The first-order chi connectivity index (χ1) is 8.33. The van der Waals surface area contributed by atoms with Gasteiger partial charge < -0.3 is 0 Å². The van der Waals surface area contributed by atoms with Gasteiger partial charge in [0.1, 0.15) is 5.82 Å². The van der Waals surface area contributed by atoms with Crippen molar-refractivity contribution in [3.8, 4) is 11.3 Å². The van der Waals surface area contributed by atoms with Gasteiger partial charge in [0.2, 0.25) is 0 Å². The van der Waals surface area contributed by atoms with E-state index in [0.29, 0.717) is 0 Å². The average molecular weight is 228 g/mol. The maximum Gasteiger partial charge on any atom is 0.123 e. The number of hydrogen-bond donors (Lipinski definition) is 0. The van der Waals surface area contributed by atoms with Gasteiger partial charge in [0.05, 0.1) is 11.4 Å². The van der Waals surface area contributed by atoms with Crippen molar-refractivity contribution in [1.82, 2.24) is 10.2 Å². The van der Waals surface area contributed by atoms with Crippen LogP contribution in [-0.4, -0.2) is 10.2 Å². The zero-order valence-corrected chi connectivity index (χ0v) is 9.49. The molecule has 0 radical (unpaired) electrons. The average Bonchev–Trinajstić information content (AvgIpc) is 2.39. The first kappa shape index (κ1) is 10.4. The molecule has 0 amide bonds. The van der Waals surface area contributed by atoms with Gasteiger partial charge in [-0.3, -0.25) is 0 Å². The largest absolute Gasteiger partial charge is 0.207 e. The summed E-state index contributed by atoms with van der Waals surface area (Å²) in [5, 5.41) is 8.49. The van der Waals surface area contributed by atoms with Crippen molar-refractivity contribution in [1.29, 1.82) is 0 Å². The number of halogens is 1. The van der Waals surface area contributed by atoms with Crippen molar-refractivity contribution in [2.45, 2.75) is 25.7 Å². The Hall–Kier alpha value is -1.77. The molecular formula is C14H13FN2. The van der Waals surface area contributed by atoms with Crippen molar-refractivity contribution in [3.05, 3.63) is 47.4 Å². The minimum Gasteiger partial charge on any atom is -0.207 e. The molecule has 0 fully saturated rings. The van der Waals surface area contributed by atoms with Gasteiger partial charge in [0.25, 0.3) is 0 Å². The molecule has 0 N–H and O–H groups in total. The number of hydrogen-bond acceptors (Lipinski definition) is 2. The van der Waals surface area contributed by atoms with Crippen LogP contribution in [0.2, 0.25) is 0 Å². The van der Waals surface area contributed by atoms with Gasteiger partial charge in [0, 0.05) is 5.56 Å². The van der Waals surface area contributed by atoms with Gasteiger partial charge in [0.15, 0.2) is 0 Å². The molecule has 0 bridgehead atoms. The topological polar surface area (TPSA) is 25.8 Å². The van der Waals surface area contributed by atoms with Gasteiger partial charge in [-0.05, 0) is 61.6 Å². The van der Waals surface area contributed by atoms with E-state index in [1.807, 2.05) is 0 Å². The van der Waals surface area contributed by atoms with Crippen molar-refractivity contribution < 1.29 is 4.39 Å². The molecule has 1 aromatic heterocycles. The quantitative estimate of drug-likeness (QED) is 0.749. The Bertz CT molecular complexity index is 534. The van der Waals surface area contributed by atoms with Gasteiger partial charge in [-0.15, -0.1) is 0 Å². The highest BCUT2D eigenvalue weighted by molar-refractivity contribution is 5.59. The third-order valence-electron chi connectivity index (χ3n) is 3.21. The summed E-state index contributed by atoms with van der Waals surface area (Å²) in [5.41, 5.74) is 4.19. The zero-order chi connectivity index (χ0) is 11.7. The van der Waals surface area contributed by atoms with Crippen molar-refractivity contribution in [2.75, 3.05) is 0 Å². The summed E-state index contributed by atoms with van der Waals surface area (Å²) in [6, 6.07) is 8.49. The van der Waals surface area contributed by atoms with Crippen LogP contribution in [0.25, 0.3) is 11.3 Å². The van der Waals surface area contributed by atoms with Crippen LogP contribution in [0, 0.1) is 5.82 Å². The van der Waals surface area contributed by atoms with Gasteiger partial charge >= 0.3 is 0 Å². The molecule has 3 rings (SSSR count). The summed E-state index contributed by atoms with van der Waals surface area (Å²) in [5.74, 6) is -0.223. The van der Waals surface area contributed by atoms with E-state index in [1.54, 1.807) is 12.1 Å². The van der Waals surface area contributed by atoms with E-state index in [1.165, 1.54) is 30.5 Å². The third-order valence-corrected chi connectivity index (χ3v) is 3.21. The van der Waals surface area contributed by atoms with Crippen LogP contribution in [0.3, 0.4) is 0 Å². The Balaban J connectivity index is 2.01. The molecule has 0 aliphatic heterocycles. The molecular weight excluding hydrogens is 215 g/mol. The fourth-order valence-corrected chi connectivity index (χ4v) is 2.25. The molecule has 0 spiro atoms. The Morgan fingerprint density at radius 2 is 1.71 bits per heavy atom. The monoisotopic (exact) mass is 228 g/mol. The number of rotatable bonds is 1. The van der Waals surface area contributed by atoms with Crippen molar-refractivity contribution in [2.24, 2.45) is 0 Å². The number of aryl methyl sites for hydroxylation is 2. The summed E-state index contributed by atoms with van der Waals surface area (Å²) in [6.07, 6.45) is 4.55.